The Hall–Kier alpha value is -2.91. The summed E-state index contributed by atoms with van der Waals surface area (Å²) in [6.45, 7) is 2.34. The van der Waals surface area contributed by atoms with Crippen LogP contribution < -0.4 is 19.7 Å². The van der Waals surface area contributed by atoms with Gasteiger partial charge in [-0.2, -0.15) is 0 Å². The molecule has 1 amide bonds. The lowest BCUT2D eigenvalue weighted by atomic mass is 9.89. The summed E-state index contributed by atoms with van der Waals surface area (Å²) in [5.74, 6) is -0.511. The van der Waals surface area contributed by atoms with E-state index >= 15 is 0 Å². The molecule has 2 heterocycles. The number of halogens is 2. The molecule has 2 aliphatic rings. The Kier molecular flexibility index (Phi) is 6.21. The van der Waals surface area contributed by atoms with Gasteiger partial charge in [-0.1, -0.05) is 0 Å². The van der Waals surface area contributed by atoms with Crippen molar-refractivity contribution in [2.45, 2.75) is 37.9 Å². The number of nitrogens with one attached hydrogen (secondary N) is 1. The number of aliphatic hydroxyl groups excluding tert-OH is 1. The molecule has 2 aromatic carbocycles. The van der Waals surface area contributed by atoms with E-state index < -0.39 is 23.3 Å². The van der Waals surface area contributed by atoms with Crippen molar-refractivity contribution in [3.05, 3.63) is 47.5 Å². The van der Waals surface area contributed by atoms with E-state index in [-0.39, 0.29) is 37.6 Å². The molecule has 0 saturated carbocycles. The van der Waals surface area contributed by atoms with Crippen molar-refractivity contribution in [2.75, 3.05) is 36.5 Å². The second-order valence-electron chi connectivity index (χ2n) is 8.10. The molecule has 2 atom stereocenters. The van der Waals surface area contributed by atoms with Crippen LogP contribution in [0.5, 0.6) is 11.5 Å². The average Bonchev–Trinajstić information content (AvgIpc) is 2.76. The maximum absolute atomic E-state index is 14.5. The Morgan fingerprint density at radius 3 is 2.72 bits per heavy atom. The van der Waals surface area contributed by atoms with Crippen molar-refractivity contribution in [3.8, 4) is 11.5 Å². The molecule has 1 fully saturated rings. The fourth-order valence-electron chi connectivity index (χ4n) is 4.11. The minimum atomic E-state index is -1.56. The molecule has 0 radical (unpaired) electrons. The molecule has 0 spiro atoms. The fraction of sp³-hybridized carbons (Fsp3) is 0.435. The molecule has 0 unspecified atom stereocenters. The van der Waals surface area contributed by atoms with Gasteiger partial charge in [0.05, 0.1) is 18.0 Å². The summed E-state index contributed by atoms with van der Waals surface area (Å²) in [5, 5.41) is 24.1. The highest BCUT2D eigenvalue weighted by Gasteiger charge is 2.42. The number of rotatable bonds is 6. The Labute approximate surface area is 184 Å². The highest BCUT2D eigenvalue weighted by atomic mass is 19.1. The van der Waals surface area contributed by atoms with Gasteiger partial charge in [0.2, 0.25) is 5.91 Å². The van der Waals surface area contributed by atoms with Gasteiger partial charge in [-0.25, -0.2) is 8.78 Å². The summed E-state index contributed by atoms with van der Waals surface area (Å²) in [6, 6.07) is 7.19. The Bertz CT molecular complexity index is 1020. The normalized spacial score (nSPS) is 22.8. The zero-order chi connectivity index (χ0) is 22.9. The van der Waals surface area contributed by atoms with Crippen LogP contribution in [0.4, 0.5) is 20.2 Å². The van der Waals surface area contributed by atoms with Crippen molar-refractivity contribution in [1.29, 1.82) is 0 Å². The molecule has 0 aromatic heterocycles. The SMILES string of the molecule is CCOc1ccc(N2CC[C@@](O)(COc3ccc(F)c4c3CCC(=O)N4)[C@H](O)C2)c(F)c1. The third-order valence-electron chi connectivity index (χ3n) is 5.96. The monoisotopic (exact) mass is 448 g/mol. The van der Waals surface area contributed by atoms with E-state index in [0.29, 0.717) is 42.3 Å². The first-order valence-electron chi connectivity index (χ1n) is 10.6. The quantitative estimate of drug-likeness (QED) is 0.630. The van der Waals surface area contributed by atoms with Gasteiger partial charge in [0, 0.05) is 31.1 Å². The van der Waals surface area contributed by atoms with E-state index in [0.717, 1.165) is 0 Å². The number of carbonyl (C=O) groups excluding carboxylic acids is 1. The van der Waals surface area contributed by atoms with E-state index in [9.17, 15) is 23.8 Å². The molecule has 7 nitrogen and oxygen atoms in total. The minimum Gasteiger partial charge on any atom is -0.494 e. The van der Waals surface area contributed by atoms with Crippen LogP contribution in [0.3, 0.4) is 0 Å². The number of anilines is 2. The van der Waals surface area contributed by atoms with Gasteiger partial charge in [0.25, 0.3) is 0 Å². The highest BCUT2D eigenvalue weighted by molar-refractivity contribution is 5.94. The lowest BCUT2D eigenvalue weighted by Gasteiger charge is -2.42. The first kappa shape index (κ1) is 22.3. The Morgan fingerprint density at radius 2 is 2.00 bits per heavy atom. The molecular weight excluding hydrogens is 422 g/mol. The van der Waals surface area contributed by atoms with Gasteiger partial charge >= 0.3 is 0 Å². The predicted molar refractivity (Wildman–Crippen MR) is 114 cm³/mol. The van der Waals surface area contributed by atoms with Crippen LogP contribution in [-0.2, 0) is 11.2 Å². The number of fused-ring (bicyclic) bond motifs is 1. The van der Waals surface area contributed by atoms with E-state index in [1.54, 1.807) is 17.0 Å². The summed E-state index contributed by atoms with van der Waals surface area (Å²) in [5.41, 5.74) is -0.625. The number of nitrogens with zero attached hydrogens (tertiary/aromatic N) is 1. The summed E-state index contributed by atoms with van der Waals surface area (Å²) in [4.78, 5) is 13.2. The van der Waals surface area contributed by atoms with Crippen molar-refractivity contribution < 1.29 is 33.3 Å². The molecule has 4 rings (SSSR count). The molecule has 0 bridgehead atoms. The molecule has 0 aliphatic carbocycles. The number of benzene rings is 2. The number of ether oxygens (including phenoxy) is 2. The molecule has 3 N–H and O–H groups in total. The summed E-state index contributed by atoms with van der Waals surface area (Å²) in [7, 11) is 0. The number of hydrogen-bond donors (Lipinski definition) is 3. The second kappa shape index (κ2) is 8.91. The number of hydrogen-bond acceptors (Lipinski definition) is 6. The lowest BCUT2D eigenvalue weighted by Crippen LogP contribution is -2.58. The number of carbonyl (C=O) groups is 1. The van der Waals surface area contributed by atoms with E-state index in [4.69, 9.17) is 9.47 Å². The van der Waals surface area contributed by atoms with Gasteiger partial charge in [-0.15, -0.1) is 0 Å². The zero-order valence-electron chi connectivity index (χ0n) is 17.7. The minimum absolute atomic E-state index is 0.0162. The smallest absolute Gasteiger partial charge is 0.224 e. The van der Waals surface area contributed by atoms with E-state index in [2.05, 4.69) is 5.32 Å². The van der Waals surface area contributed by atoms with Gasteiger partial charge in [0.15, 0.2) is 0 Å². The van der Waals surface area contributed by atoms with Gasteiger partial charge in [-0.3, -0.25) is 4.79 Å². The number of amides is 1. The highest BCUT2D eigenvalue weighted by Crippen LogP contribution is 2.35. The molecule has 32 heavy (non-hydrogen) atoms. The molecule has 2 aromatic rings. The fourth-order valence-corrected chi connectivity index (χ4v) is 4.11. The molecule has 172 valence electrons. The van der Waals surface area contributed by atoms with Crippen LogP contribution in [0.2, 0.25) is 0 Å². The van der Waals surface area contributed by atoms with Crippen molar-refractivity contribution in [1.82, 2.24) is 0 Å². The average molecular weight is 448 g/mol. The molecule has 9 heteroatoms. The predicted octanol–water partition coefficient (Wildman–Crippen LogP) is 2.63. The summed E-state index contributed by atoms with van der Waals surface area (Å²) >= 11 is 0. The third-order valence-corrected chi connectivity index (χ3v) is 5.96. The van der Waals surface area contributed by atoms with E-state index in [1.807, 2.05) is 6.92 Å². The largest absolute Gasteiger partial charge is 0.494 e. The van der Waals surface area contributed by atoms with Gasteiger partial charge < -0.3 is 29.9 Å². The maximum atomic E-state index is 14.5. The maximum Gasteiger partial charge on any atom is 0.224 e. The number of aliphatic hydroxyl groups is 2. The van der Waals surface area contributed by atoms with Gasteiger partial charge in [-0.05, 0) is 44.0 Å². The van der Waals surface area contributed by atoms with Crippen LogP contribution in [0, 0.1) is 11.6 Å². The van der Waals surface area contributed by atoms with Crippen LogP contribution in [0.25, 0.3) is 0 Å². The van der Waals surface area contributed by atoms with Gasteiger partial charge in [0.1, 0.15) is 41.4 Å². The van der Waals surface area contributed by atoms with Crippen LogP contribution in [0.1, 0.15) is 25.3 Å². The summed E-state index contributed by atoms with van der Waals surface area (Å²) < 4.78 is 39.7. The topological polar surface area (TPSA) is 91.3 Å². The molecule has 2 aliphatic heterocycles. The first-order valence-corrected chi connectivity index (χ1v) is 10.6. The standard InChI is InChI=1S/C23H26F2N2O5/c1-2-31-14-3-6-18(17(25)11-14)27-10-9-23(30,20(28)12-27)13-32-19-7-5-16(24)22-15(19)4-8-21(29)26-22/h3,5-7,11,20,28,30H,2,4,8-10,12-13H2,1H3,(H,26,29)/t20-,23-/m1/s1. The van der Waals surface area contributed by atoms with E-state index in [1.165, 1.54) is 18.2 Å². The van der Waals surface area contributed by atoms with Crippen molar-refractivity contribution in [2.24, 2.45) is 0 Å². The van der Waals surface area contributed by atoms with Crippen LogP contribution in [0.15, 0.2) is 30.3 Å². The summed E-state index contributed by atoms with van der Waals surface area (Å²) in [6.07, 6.45) is -0.526. The number of β-amino-alcohol motifs (C(OH)–C–C–N with tert-alkyl or cyclic N) is 1. The third kappa shape index (κ3) is 4.35. The van der Waals surface area contributed by atoms with Crippen molar-refractivity contribution >= 4 is 17.3 Å². The zero-order valence-corrected chi connectivity index (χ0v) is 17.7. The van der Waals surface area contributed by atoms with Crippen LogP contribution >= 0.6 is 0 Å². The Morgan fingerprint density at radius 1 is 1.19 bits per heavy atom. The molecular formula is C23H26F2N2O5. The lowest BCUT2D eigenvalue weighted by molar-refractivity contribution is -0.116. The number of piperidine rings is 1. The molecule has 1 saturated heterocycles. The second-order valence-corrected chi connectivity index (χ2v) is 8.10. The van der Waals surface area contributed by atoms with Crippen LogP contribution in [-0.4, -0.2) is 54.1 Å². The van der Waals surface area contributed by atoms with Crippen molar-refractivity contribution in [3.63, 3.8) is 0 Å². The first-order chi connectivity index (χ1) is 15.3. The Balaban J connectivity index is 1.44.